The van der Waals surface area contributed by atoms with Crippen LogP contribution in [0.25, 0.3) is 0 Å². The number of alkyl halides is 3. The summed E-state index contributed by atoms with van der Waals surface area (Å²) >= 11 is 0. The summed E-state index contributed by atoms with van der Waals surface area (Å²) in [6.45, 7) is 6.17. The molecule has 1 nitrogen and oxygen atoms in total. The Morgan fingerprint density at radius 3 is 0.620 bits per heavy atom. The lowest BCUT2D eigenvalue weighted by molar-refractivity contribution is -0.834. The van der Waals surface area contributed by atoms with Crippen molar-refractivity contribution in [2.45, 2.75) is 225 Å². The molecule has 0 atom stereocenters. The Morgan fingerprint density at radius 2 is 0.424 bits per heavy atom. The second-order valence-electron chi connectivity index (χ2n) is 23.6. The highest BCUT2D eigenvalue weighted by atomic mass is 19.4. The highest BCUT2D eigenvalue weighted by Gasteiger charge is 2.52. The number of hydrogen-bond acceptors (Lipinski definition) is 0. The molecule has 0 aliphatic heterocycles. The van der Waals surface area contributed by atoms with Crippen molar-refractivity contribution >= 4 is 33.7 Å². The van der Waals surface area contributed by atoms with Crippen LogP contribution in [-0.2, 0) is 6.18 Å². The van der Waals surface area contributed by atoms with Gasteiger partial charge in [-0.3, -0.25) is 0 Å². The third-order valence-corrected chi connectivity index (χ3v) is 17.0. The van der Waals surface area contributed by atoms with Crippen LogP contribution < -0.4 is 26.8 Å². The SMILES string of the molecule is CCCCCCCCCCCCCCCCCC[NH+](CCCCCCCCCCCCCCCCCC)c1ccccc1C(F)(F)F.Fc1c(F)c(F)c([B-](c2c(F)c(F)c(F)c(F)c2F)(c2c(F)c(F)c(F)c(F)c2F)c2c(F)c(F)c(F)c(F)c2F)c(F)c1F. The molecule has 5 aromatic rings. The van der Waals surface area contributed by atoms with Gasteiger partial charge in [0.05, 0.1) is 13.1 Å². The molecule has 0 aliphatic rings. The molecule has 0 spiro atoms. The summed E-state index contributed by atoms with van der Waals surface area (Å²) in [4.78, 5) is 1.04. The van der Waals surface area contributed by atoms with E-state index in [4.69, 9.17) is 0 Å². The Hall–Kier alpha value is -5.49. The number of benzene rings is 5. The van der Waals surface area contributed by atoms with Crippen LogP contribution in [0.4, 0.5) is 107 Å². The van der Waals surface area contributed by atoms with Gasteiger partial charge in [-0.25, -0.2) is 87.8 Å². The van der Waals surface area contributed by atoms with E-state index in [2.05, 4.69) is 13.8 Å². The first-order chi connectivity index (χ1) is 43.7. The van der Waals surface area contributed by atoms with E-state index in [-0.39, 0.29) is 0 Å². The molecule has 0 unspecified atom stereocenters. The van der Waals surface area contributed by atoms with Crippen molar-refractivity contribution in [1.82, 2.24) is 0 Å². The summed E-state index contributed by atoms with van der Waals surface area (Å²) in [7, 11) is 0. The maximum absolute atomic E-state index is 15.4. The summed E-state index contributed by atoms with van der Waals surface area (Å²) < 4.78 is 336. The molecule has 0 bridgehead atoms. The summed E-state index contributed by atoms with van der Waals surface area (Å²) in [6, 6.07) is 6.31. The maximum Gasteiger partial charge on any atom is 0.422 e. The molecule has 5 rings (SSSR count). The molecule has 25 heteroatoms. The van der Waals surface area contributed by atoms with Gasteiger partial charge in [0.25, 0.3) is 0 Å². The standard InChI is InChI=1S/C43H78F3N.C24BF20/c1-3-5-7-9-11-13-15-17-19-21-23-25-27-29-31-35-39-47(42-38-34-33-37-41(42)43(44,45)46)40-36-32-30-28-26-24-22-20-18-16-14-12-10-8-6-4-2;26-5-1(6(27)14(35)21(42)13(5)34)25(2-7(28)15(36)22(43)16(37)8(2)29,3-9(30)17(38)23(44)18(39)10(3)31)4-11(32)19(40)24(45)20(41)12(4)33/h33-34,37-38H,3-32,35-36,39-40H2,1-2H3;/q;-1/p+1. The van der Waals surface area contributed by atoms with Gasteiger partial charge in [0.15, 0.2) is 69.8 Å². The lowest BCUT2D eigenvalue weighted by Gasteiger charge is -2.44. The molecule has 0 amide bonds. The van der Waals surface area contributed by atoms with Crippen molar-refractivity contribution in [3.8, 4) is 0 Å². The molecule has 5 aromatic carbocycles. The first-order valence-electron chi connectivity index (χ1n) is 31.9. The van der Waals surface area contributed by atoms with E-state index in [1.807, 2.05) is 0 Å². The van der Waals surface area contributed by atoms with Crippen LogP contribution in [0.15, 0.2) is 24.3 Å². The number of halogens is 23. The zero-order valence-electron chi connectivity index (χ0n) is 51.6. The van der Waals surface area contributed by atoms with Crippen LogP contribution in [0.5, 0.6) is 0 Å². The number of hydrogen-bond donors (Lipinski definition) is 1. The van der Waals surface area contributed by atoms with Crippen molar-refractivity contribution in [3.63, 3.8) is 0 Å². The summed E-state index contributed by atoms with van der Waals surface area (Å²) in [5.74, 6) is -71.4. The second kappa shape index (κ2) is 38.8. The summed E-state index contributed by atoms with van der Waals surface area (Å²) in [6.07, 6.45) is 30.9. The van der Waals surface area contributed by atoms with Gasteiger partial charge in [0, 0.05) is 0 Å². The molecule has 0 saturated carbocycles. The van der Waals surface area contributed by atoms with E-state index in [0.717, 1.165) is 43.7 Å². The lowest BCUT2D eigenvalue weighted by Crippen LogP contribution is -3.07. The molecule has 516 valence electrons. The average molecular weight is 1350 g/mol. The fraction of sp³-hybridized carbons (Fsp3) is 0.552. The minimum atomic E-state index is -7.22. The Kier molecular flexibility index (Phi) is 33.3. The van der Waals surface area contributed by atoms with Gasteiger partial charge >= 0.3 is 6.18 Å². The molecular formula is C67H79BF23N. The van der Waals surface area contributed by atoms with Gasteiger partial charge in [0.2, 0.25) is 0 Å². The Balaban J connectivity index is 0.000000392. The predicted octanol–water partition coefficient (Wildman–Crippen LogP) is 20.6. The molecular weight excluding hydrogens is 1270 g/mol. The van der Waals surface area contributed by atoms with Gasteiger partial charge in [-0.2, -0.15) is 13.2 Å². The number of quaternary nitrogens is 1. The normalized spacial score (nSPS) is 12.0. The van der Waals surface area contributed by atoms with E-state index < -0.39 is 156 Å². The first kappa shape index (κ1) is 79.0. The molecule has 0 heterocycles. The Bertz CT molecular complexity index is 2700. The maximum atomic E-state index is 15.4. The molecule has 0 saturated heterocycles. The second-order valence-corrected chi connectivity index (χ2v) is 23.6. The fourth-order valence-electron chi connectivity index (χ4n) is 12.1. The molecule has 0 radical (unpaired) electrons. The monoisotopic (exact) mass is 1350 g/mol. The predicted molar refractivity (Wildman–Crippen MR) is 310 cm³/mol. The molecule has 0 aliphatic carbocycles. The Labute approximate surface area is 522 Å². The smallest absolute Gasteiger partial charge is 0.302 e. The summed E-state index contributed by atoms with van der Waals surface area (Å²) in [5.41, 5.74) is -14.3. The van der Waals surface area contributed by atoms with Crippen LogP contribution in [-0.4, -0.2) is 19.2 Å². The van der Waals surface area contributed by atoms with Crippen molar-refractivity contribution in [3.05, 3.63) is 146 Å². The zero-order valence-corrected chi connectivity index (χ0v) is 51.6. The highest BCUT2D eigenvalue weighted by molar-refractivity contribution is 7.20. The van der Waals surface area contributed by atoms with E-state index in [0.29, 0.717) is 5.69 Å². The van der Waals surface area contributed by atoms with Gasteiger partial charge in [-0.15, -0.1) is 21.9 Å². The van der Waals surface area contributed by atoms with E-state index in [1.54, 1.807) is 12.1 Å². The highest BCUT2D eigenvalue weighted by Crippen LogP contribution is 2.34. The van der Waals surface area contributed by atoms with E-state index >= 15 is 35.1 Å². The van der Waals surface area contributed by atoms with Crippen molar-refractivity contribution in [2.75, 3.05) is 13.1 Å². The van der Waals surface area contributed by atoms with Crippen LogP contribution in [0, 0.1) is 116 Å². The number of unbranched alkanes of at least 4 members (excludes halogenated alkanes) is 30. The van der Waals surface area contributed by atoms with Gasteiger partial charge in [-0.1, -0.05) is 206 Å². The third kappa shape index (κ3) is 20.0. The van der Waals surface area contributed by atoms with Crippen molar-refractivity contribution in [1.29, 1.82) is 0 Å². The first-order valence-corrected chi connectivity index (χ1v) is 31.9. The molecule has 92 heavy (non-hydrogen) atoms. The van der Waals surface area contributed by atoms with E-state index in [1.165, 1.54) is 192 Å². The molecule has 0 fully saturated rings. The largest absolute Gasteiger partial charge is 0.422 e. The average Bonchev–Trinajstić information content (AvgIpc) is 0.683. The van der Waals surface area contributed by atoms with Crippen molar-refractivity contribution < 1.29 is 106 Å². The van der Waals surface area contributed by atoms with Crippen LogP contribution in [0.2, 0.25) is 0 Å². The number of rotatable bonds is 39. The minimum absolute atomic E-state index is 0.442. The zero-order chi connectivity index (χ0) is 68.5. The van der Waals surface area contributed by atoms with Gasteiger partial charge in [0.1, 0.15) is 63.9 Å². The lowest BCUT2D eigenvalue weighted by atomic mass is 9.12. The van der Waals surface area contributed by atoms with Crippen LogP contribution in [0.3, 0.4) is 0 Å². The van der Waals surface area contributed by atoms with Gasteiger partial charge < -0.3 is 4.90 Å². The van der Waals surface area contributed by atoms with Crippen LogP contribution in [0.1, 0.15) is 225 Å². The fourth-order valence-corrected chi connectivity index (χ4v) is 12.1. The molecule has 0 aromatic heterocycles. The topological polar surface area (TPSA) is 4.44 Å². The minimum Gasteiger partial charge on any atom is -0.302 e. The van der Waals surface area contributed by atoms with Crippen LogP contribution >= 0.6 is 0 Å². The summed E-state index contributed by atoms with van der Waals surface area (Å²) in [5, 5.41) is 0. The third-order valence-electron chi connectivity index (χ3n) is 17.0. The number of para-hydroxylation sites is 1. The van der Waals surface area contributed by atoms with E-state index in [9.17, 15) is 65.9 Å². The Morgan fingerprint density at radius 1 is 0.250 bits per heavy atom. The van der Waals surface area contributed by atoms with Crippen molar-refractivity contribution in [2.24, 2.45) is 0 Å². The van der Waals surface area contributed by atoms with Gasteiger partial charge in [-0.05, 0) is 37.8 Å². The number of nitrogens with one attached hydrogen (secondary N) is 1. The molecule has 1 N–H and O–H groups in total. The quantitative estimate of drug-likeness (QED) is 0.0131.